The highest BCUT2D eigenvalue weighted by molar-refractivity contribution is 8.10. The van der Waals surface area contributed by atoms with E-state index in [-0.39, 0.29) is 11.1 Å². The van der Waals surface area contributed by atoms with E-state index in [4.69, 9.17) is 16.1 Å². The number of ketones is 2. The molecule has 124 valence electrons. The summed E-state index contributed by atoms with van der Waals surface area (Å²) in [6, 6.07) is 15.6. The minimum absolute atomic E-state index is 0.0671. The molecule has 0 unspecified atom stereocenters. The number of nitrogens with zero attached hydrogens (tertiary/aromatic N) is 1. The highest BCUT2D eigenvalue weighted by Gasteiger charge is 2.50. The molecular weight excluding hydrogens is 330 g/mol. The van der Waals surface area contributed by atoms with Crippen LogP contribution in [-0.2, 0) is 0 Å². The van der Waals surface area contributed by atoms with Gasteiger partial charge in [-0.25, -0.2) is 4.99 Å². The Morgan fingerprint density at radius 2 is 1.46 bits per heavy atom. The summed E-state index contributed by atoms with van der Waals surface area (Å²) in [7, 11) is 0. The molecule has 1 aliphatic rings. The van der Waals surface area contributed by atoms with Gasteiger partial charge in [-0.3, -0.25) is 15.4 Å². The second-order valence-electron chi connectivity index (χ2n) is 4.68. The molecule has 2 aromatic carbocycles. The lowest BCUT2D eigenvalue weighted by Gasteiger charge is -2.08. The van der Waals surface area contributed by atoms with E-state index < -0.39 is 17.4 Å². The Morgan fingerprint density at radius 3 is 1.96 bits per heavy atom. The van der Waals surface area contributed by atoms with Crippen LogP contribution in [0.25, 0.3) is 0 Å². The van der Waals surface area contributed by atoms with Crippen molar-refractivity contribution < 1.29 is 19.8 Å². The monoisotopic (exact) mass is 345 g/mol. The Kier molecular flexibility index (Phi) is 5.96. The van der Waals surface area contributed by atoms with Crippen LogP contribution in [0.15, 0.2) is 59.6 Å². The van der Waals surface area contributed by atoms with Crippen LogP contribution >= 0.6 is 11.9 Å². The molecule has 2 aromatic rings. The molecule has 0 amide bonds. The minimum atomic E-state index is -2.86. The van der Waals surface area contributed by atoms with Gasteiger partial charge in [0.1, 0.15) is 0 Å². The van der Waals surface area contributed by atoms with Gasteiger partial charge in [0, 0.05) is 11.1 Å². The second kappa shape index (κ2) is 7.95. The number of carbonyl (C=O) groups excluding carboxylic acids is 2. The van der Waals surface area contributed by atoms with E-state index in [1.807, 2.05) is 30.3 Å². The zero-order chi connectivity index (χ0) is 17.6. The zero-order valence-corrected chi connectivity index (χ0v) is 13.2. The molecule has 0 atom stereocenters. The number of aliphatic imine (C=N–C) groups is 1. The fourth-order valence-electron chi connectivity index (χ4n) is 1.99. The molecule has 0 saturated heterocycles. The largest absolute Gasteiger partial charge is 0.353 e. The van der Waals surface area contributed by atoms with Crippen LogP contribution in [0.3, 0.4) is 0 Å². The average molecular weight is 345 g/mol. The van der Waals surface area contributed by atoms with E-state index in [0.29, 0.717) is 0 Å². The molecular formula is C16H15N3O4S. The lowest BCUT2D eigenvalue weighted by Crippen LogP contribution is -2.40. The van der Waals surface area contributed by atoms with Crippen molar-refractivity contribution in [3.05, 3.63) is 65.7 Å². The van der Waals surface area contributed by atoms with Crippen molar-refractivity contribution in [1.82, 2.24) is 4.83 Å². The Bertz CT molecular complexity index is 726. The number of fused-ring (bicyclic) bond motifs is 1. The zero-order valence-electron chi connectivity index (χ0n) is 12.4. The molecule has 3 rings (SSSR count). The van der Waals surface area contributed by atoms with E-state index in [9.17, 15) is 9.59 Å². The minimum Gasteiger partial charge on any atom is -0.353 e. The van der Waals surface area contributed by atoms with Crippen LogP contribution in [0.2, 0.25) is 0 Å². The summed E-state index contributed by atoms with van der Waals surface area (Å²) in [5.41, 5.74) is 2.71. The van der Waals surface area contributed by atoms with Gasteiger partial charge in [0.2, 0.25) is 11.6 Å². The van der Waals surface area contributed by atoms with Crippen LogP contribution in [0.1, 0.15) is 20.7 Å². The van der Waals surface area contributed by atoms with Crippen molar-refractivity contribution >= 4 is 34.7 Å². The third kappa shape index (κ3) is 3.94. The molecule has 0 bridgehead atoms. The molecule has 0 spiro atoms. The average Bonchev–Trinajstić information content (AvgIpc) is 2.78. The van der Waals surface area contributed by atoms with Crippen LogP contribution in [-0.4, -0.2) is 33.1 Å². The first kappa shape index (κ1) is 18.0. The van der Waals surface area contributed by atoms with Crippen molar-refractivity contribution in [1.29, 1.82) is 0 Å². The predicted molar refractivity (Wildman–Crippen MR) is 91.8 cm³/mol. The van der Waals surface area contributed by atoms with Crippen molar-refractivity contribution in [2.75, 3.05) is 0 Å². The summed E-state index contributed by atoms with van der Waals surface area (Å²) in [6.07, 6.45) is 0. The molecule has 24 heavy (non-hydrogen) atoms. The lowest BCUT2D eigenvalue weighted by atomic mass is 10.1. The number of hydrogen-bond acceptors (Lipinski definition) is 8. The van der Waals surface area contributed by atoms with E-state index in [2.05, 4.69) is 9.82 Å². The SMILES string of the molecule is NNSC=Nc1ccccc1.O=C1c2ccccc2C(=O)C1(O)O. The first-order chi connectivity index (χ1) is 11.5. The summed E-state index contributed by atoms with van der Waals surface area (Å²) in [5, 5.41) is 18.2. The number of hydrazine groups is 1. The number of Topliss-reactive ketones (excluding diaryl/α,β-unsaturated/α-hetero) is 2. The number of nitrogens with two attached hydrogens (primary N) is 1. The third-order valence-electron chi connectivity index (χ3n) is 3.13. The van der Waals surface area contributed by atoms with Gasteiger partial charge in [0.05, 0.1) is 11.2 Å². The van der Waals surface area contributed by atoms with E-state index in [1.165, 1.54) is 24.1 Å². The standard InChI is InChI=1S/C9H6O4.C7H9N3S/c10-7-5-3-1-2-4-6(5)8(11)9(7,12)13;8-10-11-6-9-7-4-2-1-3-5-7/h1-4,12-13H;1-6,10H,8H2. The molecule has 5 N–H and O–H groups in total. The number of para-hydroxylation sites is 1. The summed E-state index contributed by atoms with van der Waals surface area (Å²) < 4.78 is 0. The van der Waals surface area contributed by atoms with E-state index in [1.54, 1.807) is 17.7 Å². The molecule has 1 aliphatic carbocycles. The lowest BCUT2D eigenvalue weighted by molar-refractivity contribution is -0.0857. The van der Waals surface area contributed by atoms with Crippen LogP contribution in [0.5, 0.6) is 0 Å². The van der Waals surface area contributed by atoms with Crippen molar-refractivity contribution in [2.24, 2.45) is 10.8 Å². The maximum Gasteiger partial charge on any atom is 0.295 e. The van der Waals surface area contributed by atoms with Crippen molar-refractivity contribution in [2.45, 2.75) is 5.79 Å². The molecule has 7 nitrogen and oxygen atoms in total. The first-order valence-corrected chi connectivity index (χ1v) is 7.68. The maximum absolute atomic E-state index is 11.2. The molecule has 0 fully saturated rings. The Morgan fingerprint density at radius 1 is 0.958 bits per heavy atom. The van der Waals surface area contributed by atoms with Crippen LogP contribution < -0.4 is 10.7 Å². The summed E-state index contributed by atoms with van der Waals surface area (Å²) >= 11 is 1.24. The first-order valence-electron chi connectivity index (χ1n) is 6.80. The highest BCUT2D eigenvalue weighted by atomic mass is 32.2. The quantitative estimate of drug-likeness (QED) is 0.125. The molecule has 0 radical (unpaired) electrons. The van der Waals surface area contributed by atoms with E-state index in [0.717, 1.165) is 5.69 Å². The van der Waals surface area contributed by atoms with Gasteiger partial charge in [0.15, 0.2) is 0 Å². The molecule has 8 heteroatoms. The third-order valence-corrected chi connectivity index (χ3v) is 3.48. The van der Waals surface area contributed by atoms with Gasteiger partial charge in [-0.2, -0.15) is 4.83 Å². The van der Waals surface area contributed by atoms with Crippen LogP contribution in [0.4, 0.5) is 5.69 Å². The van der Waals surface area contributed by atoms with Gasteiger partial charge >= 0.3 is 0 Å². The highest BCUT2D eigenvalue weighted by Crippen LogP contribution is 2.27. The molecule has 0 aliphatic heterocycles. The van der Waals surface area contributed by atoms with Crippen molar-refractivity contribution in [3.63, 3.8) is 0 Å². The molecule has 0 heterocycles. The number of hydrogen-bond donors (Lipinski definition) is 4. The smallest absolute Gasteiger partial charge is 0.295 e. The summed E-state index contributed by atoms with van der Waals surface area (Å²) in [6.45, 7) is 0. The Balaban J connectivity index is 0.000000177. The molecule has 0 aromatic heterocycles. The number of rotatable bonds is 3. The Labute approximate surface area is 142 Å². The number of carbonyl (C=O) groups is 2. The maximum atomic E-state index is 11.2. The van der Waals surface area contributed by atoms with Gasteiger partial charge in [0.25, 0.3) is 5.79 Å². The normalized spacial score (nSPS) is 15.1. The predicted octanol–water partition coefficient (Wildman–Crippen LogP) is 1.20. The number of nitrogens with one attached hydrogen (secondary N) is 1. The topological polar surface area (TPSA) is 125 Å². The Hall–Kier alpha value is -2.36. The van der Waals surface area contributed by atoms with Crippen LogP contribution in [0, 0.1) is 0 Å². The van der Waals surface area contributed by atoms with Gasteiger partial charge in [-0.05, 0) is 24.1 Å². The molecule has 0 saturated carbocycles. The van der Waals surface area contributed by atoms with Gasteiger partial charge in [-0.15, -0.1) is 0 Å². The van der Waals surface area contributed by atoms with E-state index >= 15 is 0 Å². The van der Waals surface area contributed by atoms with Gasteiger partial charge in [-0.1, -0.05) is 42.5 Å². The number of aliphatic hydroxyl groups is 2. The summed E-state index contributed by atoms with van der Waals surface area (Å²) in [4.78, 5) is 28.9. The van der Waals surface area contributed by atoms with Gasteiger partial charge < -0.3 is 10.2 Å². The fourth-order valence-corrected chi connectivity index (χ4v) is 2.22. The number of benzene rings is 2. The van der Waals surface area contributed by atoms with Crippen molar-refractivity contribution in [3.8, 4) is 0 Å². The second-order valence-corrected chi connectivity index (χ2v) is 5.36. The summed E-state index contributed by atoms with van der Waals surface area (Å²) in [5.74, 6) is 0.255. The fraction of sp³-hybridized carbons (Fsp3) is 0.0625.